The number of carbonyl (C=O) groups excluding carboxylic acids is 3. The maximum atomic E-state index is 13.0. The molecule has 2 amide bonds. The number of carbonyl (C=O) groups is 3. The number of amides is 2. The number of hydrogen-bond donors (Lipinski definition) is 0. The van der Waals surface area contributed by atoms with Crippen LogP contribution in [0, 0.1) is 23.7 Å². The largest absolute Gasteiger partial charge is 0.497 e. The monoisotopic (exact) mass is 417 g/mol. The van der Waals surface area contributed by atoms with Crippen LogP contribution in [-0.4, -0.2) is 31.3 Å². The van der Waals surface area contributed by atoms with E-state index in [2.05, 4.69) is 13.0 Å². The highest BCUT2D eigenvalue weighted by Crippen LogP contribution is 2.55. The minimum Gasteiger partial charge on any atom is -0.497 e. The second kappa shape index (κ2) is 7.38. The lowest BCUT2D eigenvalue weighted by Crippen LogP contribution is -2.32. The first kappa shape index (κ1) is 19.5. The molecule has 2 aromatic rings. The second-order valence-corrected chi connectivity index (χ2v) is 8.41. The van der Waals surface area contributed by atoms with Crippen LogP contribution in [0.3, 0.4) is 0 Å². The Kier molecular flexibility index (Phi) is 4.65. The molecule has 0 N–H and O–H groups in total. The third-order valence-corrected chi connectivity index (χ3v) is 6.76. The molecule has 1 heterocycles. The molecule has 1 aliphatic heterocycles. The second-order valence-electron chi connectivity index (χ2n) is 8.41. The standard InChI is InChI=1S/C25H23NO5/c1-14-11-16-12-20(14)23-22(16)24(28)26(25(23)29)17-5-9-19(10-6-17)31-13-21(27)15-3-7-18(30-2)8-4-15/h3-11,16,20,22-23H,12-13H2,1-2H3/t16-,20+,22-,23+/m0/s1. The predicted molar refractivity (Wildman–Crippen MR) is 114 cm³/mol. The summed E-state index contributed by atoms with van der Waals surface area (Å²) in [4.78, 5) is 39.7. The Balaban J connectivity index is 1.25. The van der Waals surface area contributed by atoms with Crippen molar-refractivity contribution in [2.45, 2.75) is 13.3 Å². The number of ether oxygens (including phenoxy) is 2. The van der Waals surface area contributed by atoms with Crippen LogP contribution in [0.5, 0.6) is 11.5 Å². The van der Waals surface area contributed by atoms with E-state index in [-0.39, 0.29) is 47.9 Å². The summed E-state index contributed by atoms with van der Waals surface area (Å²) in [5.74, 6) is 0.770. The Bertz CT molecular complexity index is 1090. The summed E-state index contributed by atoms with van der Waals surface area (Å²) in [7, 11) is 1.57. The molecule has 31 heavy (non-hydrogen) atoms. The molecule has 0 radical (unpaired) electrons. The molecule has 4 atom stereocenters. The Morgan fingerprint density at radius 1 is 0.968 bits per heavy atom. The van der Waals surface area contributed by atoms with E-state index in [1.165, 1.54) is 10.5 Å². The summed E-state index contributed by atoms with van der Waals surface area (Å²) in [5, 5.41) is 0. The number of Topliss-reactive ketones (excluding diaryl/α,β-unsaturated/α-hetero) is 1. The Labute approximate surface area is 180 Å². The summed E-state index contributed by atoms with van der Waals surface area (Å²) in [6.07, 6.45) is 3.08. The quantitative estimate of drug-likeness (QED) is 0.407. The van der Waals surface area contributed by atoms with Crippen molar-refractivity contribution < 1.29 is 23.9 Å². The molecule has 158 valence electrons. The van der Waals surface area contributed by atoms with Gasteiger partial charge in [0.05, 0.1) is 24.6 Å². The van der Waals surface area contributed by atoms with Crippen LogP contribution in [0.2, 0.25) is 0 Å². The van der Waals surface area contributed by atoms with Crippen LogP contribution < -0.4 is 14.4 Å². The molecule has 0 spiro atoms. The van der Waals surface area contributed by atoms with Crippen LogP contribution in [-0.2, 0) is 9.59 Å². The summed E-state index contributed by atoms with van der Waals surface area (Å²) >= 11 is 0. The highest BCUT2D eigenvalue weighted by atomic mass is 16.5. The number of nitrogens with zero attached hydrogens (tertiary/aromatic N) is 1. The van der Waals surface area contributed by atoms with E-state index in [0.29, 0.717) is 22.7 Å². The molecule has 0 aromatic heterocycles. The number of allylic oxidation sites excluding steroid dienone is 2. The number of fused-ring (bicyclic) bond motifs is 5. The minimum absolute atomic E-state index is 0.0988. The van der Waals surface area contributed by atoms with E-state index in [9.17, 15) is 14.4 Å². The van der Waals surface area contributed by atoms with Gasteiger partial charge >= 0.3 is 0 Å². The maximum Gasteiger partial charge on any atom is 0.238 e. The Morgan fingerprint density at radius 3 is 2.29 bits per heavy atom. The molecule has 5 rings (SSSR count). The van der Waals surface area contributed by atoms with E-state index in [4.69, 9.17) is 9.47 Å². The average molecular weight is 417 g/mol. The molecule has 1 saturated heterocycles. The molecular weight excluding hydrogens is 394 g/mol. The van der Waals surface area contributed by atoms with E-state index in [0.717, 1.165) is 6.42 Å². The topological polar surface area (TPSA) is 72.9 Å². The van der Waals surface area contributed by atoms with Crippen LogP contribution in [0.25, 0.3) is 0 Å². The van der Waals surface area contributed by atoms with Crippen LogP contribution >= 0.6 is 0 Å². The fourth-order valence-electron chi connectivity index (χ4n) is 5.23. The van der Waals surface area contributed by atoms with E-state index >= 15 is 0 Å². The predicted octanol–water partition coefficient (Wildman–Crippen LogP) is 3.66. The fourth-order valence-corrected chi connectivity index (χ4v) is 5.23. The lowest BCUT2D eigenvalue weighted by molar-refractivity contribution is -0.123. The summed E-state index contributed by atoms with van der Waals surface area (Å²) in [5.41, 5.74) is 2.32. The fraction of sp³-hybridized carbons (Fsp3) is 0.320. The summed E-state index contributed by atoms with van der Waals surface area (Å²) in [6.45, 7) is 1.95. The van der Waals surface area contributed by atoms with Gasteiger partial charge in [-0.3, -0.25) is 19.3 Å². The first-order valence-electron chi connectivity index (χ1n) is 10.4. The van der Waals surface area contributed by atoms with E-state index in [1.807, 2.05) is 0 Å². The molecular formula is C25H23NO5. The molecule has 6 heteroatoms. The number of ketones is 1. The number of benzene rings is 2. The zero-order chi connectivity index (χ0) is 21.7. The number of imide groups is 1. The maximum absolute atomic E-state index is 13.0. The van der Waals surface area contributed by atoms with Crippen LogP contribution in [0.15, 0.2) is 60.2 Å². The summed E-state index contributed by atoms with van der Waals surface area (Å²) in [6, 6.07) is 13.6. The SMILES string of the molecule is COc1ccc(C(=O)COc2ccc(N3C(=O)[C@@H]4[C@H](C3=O)[C@@H]3C[C@@H]4C=C3C)cc2)cc1. The van der Waals surface area contributed by atoms with Gasteiger partial charge in [0.25, 0.3) is 0 Å². The zero-order valence-electron chi connectivity index (χ0n) is 17.4. The van der Waals surface area contributed by atoms with Gasteiger partial charge in [-0.15, -0.1) is 0 Å². The van der Waals surface area contributed by atoms with Crippen LogP contribution in [0.1, 0.15) is 23.7 Å². The van der Waals surface area contributed by atoms with Crippen molar-refractivity contribution in [3.8, 4) is 11.5 Å². The molecule has 0 unspecified atom stereocenters. The molecule has 2 fully saturated rings. The number of rotatable bonds is 6. The van der Waals surface area contributed by atoms with Gasteiger partial charge in [-0.05, 0) is 73.7 Å². The van der Waals surface area contributed by atoms with Gasteiger partial charge in [-0.1, -0.05) is 11.6 Å². The Morgan fingerprint density at radius 2 is 1.61 bits per heavy atom. The van der Waals surface area contributed by atoms with Gasteiger partial charge < -0.3 is 9.47 Å². The molecule has 2 aliphatic carbocycles. The normalized spacial score (nSPS) is 26.1. The van der Waals surface area contributed by atoms with E-state index in [1.54, 1.807) is 55.6 Å². The highest BCUT2D eigenvalue weighted by Gasteiger charge is 2.60. The van der Waals surface area contributed by atoms with Crippen LogP contribution in [0.4, 0.5) is 5.69 Å². The zero-order valence-corrected chi connectivity index (χ0v) is 17.4. The van der Waals surface area contributed by atoms with Crippen molar-refractivity contribution in [1.29, 1.82) is 0 Å². The summed E-state index contributed by atoms with van der Waals surface area (Å²) < 4.78 is 10.7. The number of hydrogen-bond acceptors (Lipinski definition) is 5. The minimum atomic E-state index is -0.223. The molecule has 2 aromatic carbocycles. The third kappa shape index (κ3) is 3.14. The average Bonchev–Trinajstić information content (AvgIpc) is 3.43. The van der Waals surface area contributed by atoms with Gasteiger partial charge in [0, 0.05) is 5.56 Å². The van der Waals surface area contributed by atoms with Gasteiger partial charge in [0.2, 0.25) is 11.8 Å². The van der Waals surface area contributed by atoms with Gasteiger partial charge in [-0.25, -0.2) is 0 Å². The molecule has 6 nitrogen and oxygen atoms in total. The van der Waals surface area contributed by atoms with Crippen molar-refractivity contribution in [1.82, 2.24) is 0 Å². The first-order chi connectivity index (χ1) is 15.0. The van der Waals surface area contributed by atoms with Crippen molar-refractivity contribution in [2.75, 3.05) is 18.6 Å². The van der Waals surface area contributed by atoms with E-state index < -0.39 is 0 Å². The highest BCUT2D eigenvalue weighted by molar-refractivity contribution is 6.22. The van der Waals surface area contributed by atoms with Gasteiger partial charge in [0.1, 0.15) is 11.5 Å². The lowest BCUT2D eigenvalue weighted by atomic mass is 9.82. The smallest absolute Gasteiger partial charge is 0.238 e. The Hall–Kier alpha value is -3.41. The number of methoxy groups -OCH3 is 1. The molecule has 3 aliphatic rings. The lowest BCUT2D eigenvalue weighted by Gasteiger charge is -2.19. The van der Waals surface area contributed by atoms with Gasteiger partial charge in [-0.2, -0.15) is 0 Å². The third-order valence-electron chi connectivity index (χ3n) is 6.76. The van der Waals surface area contributed by atoms with Gasteiger partial charge in [0.15, 0.2) is 12.4 Å². The van der Waals surface area contributed by atoms with Crippen molar-refractivity contribution in [3.05, 3.63) is 65.7 Å². The first-order valence-corrected chi connectivity index (χ1v) is 10.4. The molecule has 1 saturated carbocycles. The van der Waals surface area contributed by atoms with Crippen molar-refractivity contribution >= 4 is 23.3 Å². The number of anilines is 1. The van der Waals surface area contributed by atoms with Crippen molar-refractivity contribution in [3.63, 3.8) is 0 Å². The van der Waals surface area contributed by atoms with Crippen molar-refractivity contribution in [2.24, 2.45) is 23.7 Å². The molecule has 2 bridgehead atoms.